The van der Waals surface area contributed by atoms with E-state index in [2.05, 4.69) is 25.9 Å². The summed E-state index contributed by atoms with van der Waals surface area (Å²) in [6.45, 7) is 2.57. The molecule has 0 aromatic carbocycles. The fourth-order valence-corrected chi connectivity index (χ4v) is 0.783. The number of nitrogens with one attached hydrogen (secondary N) is 2. The number of hydrogen-bond donors (Lipinski definition) is 3. The summed E-state index contributed by atoms with van der Waals surface area (Å²) in [5.74, 6) is 0.658. The van der Waals surface area contributed by atoms with Gasteiger partial charge < -0.3 is 5.11 Å². The quantitative estimate of drug-likeness (QED) is 0.498. The maximum absolute atomic E-state index is 9.11. The van der Waals surface area contributed by atoms with E-state index >= 15 is 0 Å². The Labute approximate surface area is 70.4 Å². The van der Waals surface area contributed by atoms with Gasteiger partial charge in [0, 0.05) is 13.0 Å². The number of hydrogen-bond acceptors (Lipinski definition) is 5. The van der Waals surface area contributed by atoms with Gasteiger partial charge in [-0.1, -0.05) is 12.1 Å². The molecule has 1 aromatic heterocycles. The average Bonchev–Trinajstić information content (AvgIpc) is 2.57. The predicted octanol–water partition coefficient (Wildman–Crippen LogP) is -0.940. The van der Waals surface area contributed by atoms with Crippen LogP contribution in [0, 0.1) is 0 Å². The van der Waals surface area contributed by atoms with Crippen molar-refractivity contribution < 1.29 is 5.11 Å². The summed E-state index contributed by atoms with van der Waals surface area (Å²) in [6.07, 6.45) is 0.941. The molecular formula is C6H13N5O. The predicted molar refractivity (Wildman–Crippen MR) is 42.2 cm³/mol. The van der Waals surface area contributed by atoms with Crippen LogP contribution in [0.15, 0.2) is 0 Å². The Hall–Kier alpha value is -1.01. The third-order valence-electron chi connectivity index (χ3n) is 1.50. The third-order valence-corrected chi connectivity index (χ3v) is 1.50. The first-order chi connectivity index (χ1) is 5.83. The van der Waals surface area contributed by atoms with Crippen LogP contribution in [-0.2, 0) is 6.42 Å². The number of aliphatic hydroxyl groups is 1. The smallest absolute Gasteiger partial charge is 0.175 e. The van der Waals surface area contributed by atoms with Crippen LogP contribution in [0.3, 0.4) is 0 Å². The number of H-pyrrole nitrogens is 1. The summed E-state index contributed by atoms with van der Waals surface area (Å²) in [5.41, 5.74) is 0. The minimum Gasteiger partial charge on any atom is -0.379 e. The second-order valence-corrected chi connectivity index (χ2v) is 2.46. The molecule has 1 rings (SSSR count). The molecule has 0 saturated heterocycles. The zero-order valence-electron chi connectivity index (χ0n) is 6.99. The van der Waals surface area contributed by atoms with Gasteiger partial charge in [0.15, 0.2) is 5.82 Å². The van der Waals surface area contributed by atoms with Gasteiger partial charge >= 0.3 is 0 Å². The van der Waals surface area contributed by atoms with Crippen molar-refractivity contribution in [1.82, 2.24) is 25.9 Å². The Kier molecular flexibility index (Phi) is 3.62. The second-order valence-electron chi connectivity index (χ2n) is 2.46. The van der Waals surface area contributed by atoms with Crippen LogP contribution in [0.1, 0.15) is 19.2 Å². The number of rotatable bonds is 5. The Morgan fingerprint density at radius 2 is 2.50 bits per heavy atom. The van der Waals surface area contributed by atoms with E-state index in [0.717, 1.165) is 0 Å². The van der Waals surface area contributed by atoms with Gasteiger partial charge in [-0.15, -0.1) is 10.2 Å². The molecule has 0 radical (unpaired) electrons. The zero-order chi connectivity index (χ0) is 8.81. The molecular weight excluding hydrogens is 158 g/mol. The molecule has 1 unspecified atom stereocenters. The van der Waals surface area contributed by atoms with Gasteiger partial charge in [0.05, 0.1) is 0 Å². The summed E-state index contributed by atoms with van der Waals surface area (Å²) < 4.78 is 0. The van der Waals surface area contributed by atoms with Crippen LogP contribution in [-0.4, -0.2) is 38.5 Å². The second kappa shape index (κ2) is 4.78. The van der Waals surface area contributed by atoms with Crippen molar-refractivity contribution in [3.8, 4) is 0 Å². The average molecular weight is 171 g/mol. The molecule has 12 heavy (non-hydrogen) atoms. The van der Waals surface area contributed by atoms with Gasteiger partial charge in [0.25, 0.3) is 0 Å². The van der Waals surface area contributed by atoms with Gasteiger partial charge in [0.1, 0.15) is 6.23 Å². The van der Waals surface area contributed by atoms with Crippen molar-refractivity contribution in [3.05, 3.63) is 5.82 Å². The fraction of sp³-hybridized carbons (Fsp3) is 0.833. The normalized spacial score (nSPS) is 13.2. The molecule has 0 spiro atoms. The molecule has 0 fully saturated rings. The van der Waals surface area contributed by atoms with E-state index < -0.39 is 6.23 Å². The van der Waals surface area contributed by atoms with E-state index in [4.69, 9.17) is 5.11 Å². The SMILES string of the molecule is CCC(O)NCCc1nn[nH]n1. The number of aromatic amines is 1. The Balaban J connectivity index is 2.11. The molecule has 3 N–H and O–H groups in total. The molecule has 0 aliphatic heterocycles. The molecule has 0 amide bonds. The van der Waals surface area contributed by atoms with E-state index in [1.807, 2.05) is 6.92 Å². The van der Waals surface area contributed by atoms with Crippen molar-refractivity contribution >= 4 is 0 Å². The molecule has 1 aromatic rings. The molecule has 0 aliphatic rings. The van der Waals surface area contributed by atoms with Crippen LogP contribution in [0.4, 0.5) is 0 Å². The van der Waals surface area contributed by atoms with Crippen LogP contribution < -0.4 is 5.32 Å². The molecule has 0 saturated carbocycles. The van der Waals surface area contributed by atoms with Gasteiger partial charge in [-0.05, 0) is 6.42 Å². The van der Waals surface area contributed by atoms with Crippen molar-refractivity contribution in [2.75, 3.05) is 6.54 Å². The van der Waals surface area contributed by atoms with Gasteiger partial charge in [-0.3, -0.25) is 5.32 Å². The van der Waals surface area contributed by atoms with Crippen molar-refractivity contribution in [1.29, 1.82) is 0 Å². The number of aromatic nitrogens is 4. The van der Waals surface area contributed by atoms with Gasteiger partial charge in [-0.25, -0.2) is 0 Å². The molecule has 0 bridgehead atoms. The lowest BCUT2D eigenvalue weighted by Gasteiger charge is -2.07. The number of tetrazole rings is 1. The van der Waals surface area contributed by atoms with Crippen LogP contribution in [0.5, 0.6) is 0 Å². The largest absolute Gasteiger partial charge is 0.379 e. The summed E-state index contributed by atoms with van der Waals surface area (Å²) in [7, 11) is 0. The Bertz CT molecular complexity index is 200. The van der Waals surface area contributed by atoms with E-state index in [1.165, 1.54) is 0 Å². The van der Waals surface area contributed by atoms with Gasteiger partial charge in [0.2, 0.25) is 0 Å². The maximum Gasteiger partial charge on any atom is 0.175 e. The summed E-state index contributed by atoms with van der Waals surface area (Å²) in [4.78, 5) is 0. The highest BCUT2D eigenvalue weighted by atomic mass is 16.3. The maximum atomic E-state index is 9.11. The van der Waals surface area contributed by atoms with Crippen LogP contribution in [0.25, 0.3) is 0 Å². The monoisotopic (exact) mass is 171 g/mol. The van der Waals surface area contributed by atoms with Crippen LogP contribution in [0.2, 0.25) is 0 Å². The fourth-order valence-electron chi connectivity index (χ4n) is 0.783. The van der Waals surface area contributed by atoms with Crippen molar-refractivity contribution in [2.45, 2.75) is 26.0 Å². The lowest BCUT2D eigenvalue weighted by atomic mass is 10.3. The first kappa shape index (κ1) is 9.08. The topological polar surface area (TPSA) is 86.7 Å². The first-order valence-corrected chi connectivity index (χ1v) is 3.96. The first-order valence-electron chi connectivity index (χ1n) is 3.96. The van der Waals surface area contributed by atoms with Gasteiger partial charge in [-0.2, -0.15) is 5.21 Å². The summed E-state index contributed by atoms with van der Waals surface area (Å²) in [6, 6.07) is 0. The van der Waals surface area contributed by atoms with E-state index in [9.17, 15) is 0 Å². The molecule has 6 heteroatoms. The zero-order valence-corrected chi connectivity index (χ0v) is 6.99. The number of nitrogens with zero attached hydrogens (tertiary/aromatic N) is 3. The van der Waals surface area contributed by atoms with Crippen molar-refractivity contribution in [2.24, 2.45) is 0 Å². The highest BCUT2D eigenvalue weighted by Crippen LogP contribution is 1.86. The minimum absolute atomic E-state index is 0.433. The van der Waals surface area contributed by atoms with Crippen LogP contribution >= 0.6 is 0 Å². The highest BCUT2D eigenvalue weighted by Gasteiger charge is 2.00. The Morgan fingerprint density at radius 1 is 1.67 bits per heavy atom. The highest BCUT2D eigenvalue weighted by molar-refractivity contribution is 4.76. The molecule has 6 nitrogen and oxygen atoms in total. The lowest BCUT2D eigenvalue weighted by Crippen LogP contribution is -2.29. The standard InChI is InChI=1S/C6H13N5O/c1-2-6(12)7-4-3-5-8-10-11-9-5/h6-7,12H,2-4H2,1H3,(H,8,9,10,11). The van der Waals surface area contributed by atoms with Crippen molar-refractivity contribution in [3.63, 3.8) is 0 Å². The molecule has 68 valence electrons. The molecule has 1 heterocycles. The lowest BCUT2D eigenvalue weighted by molar-refractivity contribution is 0.134. The van der Waals surface area contributed by atoms with E-state index in [1.54, 1.807) is 0 Å². The summed E-state index contributed by atoms with van der Waals surface area (Å²) in [5, 5.41) is 25.3. The minimum atomic E-state index is -0.433. The van der Waals surface area contributed by atoms with E-state index in [0.29, 0.717) is 25.2 Å². The molecule has 0 aliphatic carbocycles. The third kappa shape index (κ3) is 2.93. The Morgan fingerprint density at radius 3 is 3.08 bits per heavy atom. The summed E-state index contributed by atoms with van der Waals surface area (Å²) >= 11 is 0. The number of aliphatic hydroxyl groups excluding tert-OH is 1. The van der Waals surface area contributed by atoms with E-state index in [-0.39, 0.29) is 0 Å². The molecule has 1 atom stereocenters.